The van der Waals surface area contributed by atoms with E-state index < -0.39 is 17.5 Å². The van der Waals surface area contributed by atoms with Crippen LogP contribution in [0, 0.1) is 0 Å². The van der Waals surface area contributed by atoms with Gasteiger partial charge in [0.2, 0.25) is 0 Å². The number of hydrogen-bond acceptors (Lipinski definition) is 4. The third kappa shape index (κ3) is 3.65. The van der Waals surface area contributed by atoms with E-state index in [4.69, 9.17) is 16.3 Å². The number of ketones is 1. The summed E-state index contributed by atoms with van der Waals surface area (Å²) in [5.41, 5.74) is 0.986. The second-order valence-corrected chi connectivity index (χ2v) is 8.22. The van der Waals surface area contributed by atoms with Crippen LogP contribution in [0.1, 0.15) is 54.9 Å². The van der Waals surface area contributed by atoms with E-state index in [1.165, 1.54) is 0 Å². The normalized spacial score (nSPS) is 17.7. The minimum Gasteiger partial charge on any atom is -0.451 e. The first-order valence-corrected chi connectivity index (χ1v) is 10.4. The van der Waals surface area contributed by atoms with Crippen molar-refractivity contribution in [3.8, 4) is 0 Å². The van der Waals surface area contributed by atoms with Crippen molar-refractivity contribution in [2.45, 2.75) is 44.6 Å². The number of rotatable bonds is 4. The van der Waals surface area contributed by atoms with Crippen LogP contribution >= 0.6 is 11.6 Å². The number of nitrogens with one attached hydrogen (secondary N) is 1. The van der Waals surface area contributed by atoms with Crippen molar-refractivity contribution in [1.29, 1.82) is 0 Å². The molecular formula is C24H22ClNO4. The fraction of sp³-hybridized carbons (Fsp3) is 0.292. The number of ether oxygens (including phenoxy) is 1. The largest absolute Gasteiger partial charge is 0.451 e. The third-order valence-electron chi connectivity index (χ3n) is 5.82. The van der Waals surface area contributed by atoms with E-state index in [1.807, 2.05) is 6.07 Å². The highest BCUT2D eigenvalue weighted by Crippen LogP contribution is 2.44. The first-order chi connectivity index (χ1) is 14.4. The molecule has 1 fully saturated rings. The van der Waals surface area contributed by atoms with Gasteiger partial charge < -0.3 is 10.1 Å². The Morgan fingerprint density at radius 2 is 1.73 bits per heavy atom. The predicted molar refractivity (Wildman–Crippen MR) is 115 cm³/mol. The van der Waals surface area contributed by atoms with E-state index in [0.29, 0.717) is 45.8 Å². The summed E-state index contributed by atoms with van der Waals surface area (Å²) < 4.78 is 5.68. The van der Waals surface area contributed by atoms with Crippen molar-refractivity contribution >= 4 is 34.9 Å². The number of amides is 1. The fourth-order valence-electron chi connectivity index (χ4n) is 4.34. The van der Waals surface area contributed by atoms with Crippen LogP contribution in [0.15, 0.2) is 59.7 Å². The molecule has 1 saturated carbocycles. The van der Waals surface area contributed by atoms with Gasteiger partial charge in [0.1, 0.15) is 5.60 Å². The van der Waals surface area contributed by atoms with Crippen LogP contribution < -0.4 is 5.32 Å². The SMILES string of the molecule is CC1=C(C(=O)Nc2ccc(Cl)cc2C(=O)c2ccccc2)C2(CCCCC2)OC1=O. The molecule has 2 aliphatic rings. The molecule has 4 rings (SSSR count). The van der Waals surface area contributed by atoms with Gasteiger partial charge in [0.25, 0.3) is 5.91 Å². The Labute approximate surface area is 180 Å². The summed E-state index contributed by atoms with van der Waals surface area (Å²) >= 11 is 6.13. The zero-order valence-electron chi connectivity index (χ0n) is 16.7. The zero-order valence-corrected chi connectivity index (χ0v) is 17.4. The van der Waals surface area contributed by atoms with Gasteiger partial charge in [0.15, 0.2) is 5.78 Å². The van der Waals surface area contributed by atoms with Crippen molar-refractivity contribution in [2.75, 3.05) is 5.32 Å². The molecule has 154 valence electrons. The van der Waals surface area contributed by atoms with E-state index in [-0.39, 0.29) is 5.78 Å². The summed E-state index contributed by atoms with van der Waals surface area (Å²) in [5.74, 6) is -1.10. The molecule has 1 amide bonds. The van der Waals surface area contributed by atoms with Crippen LogP contribution in [-0.4, -0.2) is 23.3 Å². The van der Waals surface area contributed by atoms with Crippen molar-refractivity contribution in [1.82, 2.24) is 0 Å². The molecule has 0 bridgehead atoms. The lowest BCUT2D eigenvalue weighted by atomic mass is 9.78. The molecule has 0 radical (unpaired) electrons. The summed E-state index contributed by atoms with van der Waals surface area (Å²) in [6.07, 6.45) is 4.12. The van der Waals surface area contributed by atoms with Crippen molar-refractivity contribution in [3.05, 3.63) is 75.8 Å². The van der Waals surface area contributed by atoms with Gasteiger partial charge in [-0.1, -0.05) is 48.4 Å². The number of benzene rings is 2. The summed E-state index contributed by atoms with van der Waals surface area (Å²) in [7, 11) is 0. The molecule has 5 nitrogen and oxygen atoms in total. The van der Waals surface area contributed by atoms with Crippen molar-refractivity contribution in [3.63, 3.8) is 0 Å². The van der Waals surface area contributed by atoms with Crippen molar-refractivity contribution in [2.24, 2.45) is 0 Å². The molecule has 1 aliphatic heterocycles. The summed E-state index contributed by atoms with van der Waals surface area (Å²) in [6.45, 7) is 1.62. The minimum atomic E-state index is -0.862. The van der Waals surface area contributed by atoms with Gasteiger partial charge in [-0.15, -0.1) is 0 Å². The Balaban J connectivity index is 1.68. The maximum atomic E-state index is 13.3. The molecule has 0 saturated heterocycles. The molecule has 1 aliphatic carbocycles. The van der Waals surface area contributed by atoms with E-state index in [9.17, 15) is 14.4 Å². The number of esters is 1. The van der Waals surface area contributed by atoms with E-state index in [2.05, 4.69) is 5.32 Å². The van der Waals surface area contributed by atoms with E-state index in [0.717, 1.165) is 19.3 Å². The molecule has 2 aromatic carbocycles. The number of anilines is 1. The molecule has 0 unspecified atom stereocenters. The third-order valence-corrected chi connectivity index (χ3v) is 6.06. The molecule has 0 aromatic heterocycles. The topological polar surface area (TPSA) is 72.5 Å². The Kier molecular flexibility index (Phi) is 5.48. The highest BCUT2D eigenvalue weighted by atomic mass is 35.5. The minimum absolute atomic E-state index is 0.245. The van der Waals surface area contributed by atoms with Crippen LogP contribution in [0.2, 0.25) is 5.02 Å². The van der Waals surface area contributed by atoms with E-state index >= 15 is 0 Å². The van der Waals surface area contributed by atoms with Gasteiger partial charge in [-0.3, -0.25) is 9.59 Å². The van der Waals surface area contributed by atoms with Crippen LogP contribution in [0.25, 0.3) is 0 Å². The lowest BCUT2D eigenvalue weighted by molar-refractivity contribution is -0.149. The molecule has 0 atom stereocenters. The zero-order chi connectivity index (χ0) is 21.3. The summed E-state index contributed by atoms with van der Waals surface area (Å²) in [6, 6.07) is 13.6. The fourth-order valence-corrected chi connectivity index (χ4v) is 4.52. The molecule has 30 heavy (non-hydrogen) atoms. The summed E-state index contributed by atoms with van der Waals surface area (Å²) in [4.78, 5) is 38.6. The average molecular weight is 424 g/mol. The number of hydrogen-bond donors (Lipinski definition) is 1. The monoisotopic (exact) mass is 423 g/mol. The van der Waals surface area contributed by atoms with Gasteiger partial charge in [-0.2, -0.15) is 0 Å². The lowest BCUT2D eigenvalue weighted by Crippen LogP contribution is -2.39. The van der Waals surface area contributed by atoms with Gasteiger partial charge in [0.05, 0.1) is 11.3 Å². The second-order valence-electron chi connectivity index (χ2n) is 7.78. The van der Waals surface area contributed by atoms with E-state index in [1.54, 1.807) is 49.4 Å². The molecular weight excluding hydrogens is 402 g/mol. The molecule has 6 heteroatoms. The summed E-state index contributed by atoms with van der Waals surface area (Å²) in [5, 5.41) is 3.24. The molecule has 1 heterocycles. The van der Waals surface area contributed by atoms with Gasteiger partial charge >= 0.3 is 5.97 Å². The number of carbonyl (C=O) groups excluding carboxylic acids is 3. The number of carbonyl (C=O) groups is 3. The first kappa shape index (κ1) is 20.4. The molecule has 2 aromatic rings. The van der Waals surface area contributed by atoms with Crippen LogP contribution in [-0.2, 0) is 14.3 Å². The maximum Gasteiger partial charge on any atom is 0.335 e. The Hall–Kier alpha value is -2.92. The molecule has 1 N–H and O–H groups in total. The maximum absolute atomic E-state index is 13.3. The highest BCUT2D eigenvalue weighted by Gasteiger charge is 2.49. The smallest absolute Gasteiger partial charge is 0.335 e. The Morgan fingerprint density at radius 1 is 1.03 bits per heavy atom. The van der Waals surface area contributed by atoms with Crippen LogP contribution in [0.5, 0.6) is 0 Å². The second kappa shape index (κ2) is 8.07. The number of halogens is 1. The highest BCUT2D eigenvalue weighted by molar-refractivity contribution is 6.31. The predicted octanol–water partition coefficient (Wildman–Crippen LogP) is 5.09. The van der Waals surface area contributed by atoms with Crippen molar-refractivity contribution < 1.29 is 19.1 Å². The van der Waals surface area contributed by atoms with Gasteiger partial charge in [-0.25, -0.2) is 4.79 Å². The average Bonchev–Trinajstić information content (AvgIpc) is 2.99. The van der Waals surface area contributed by atoms with Gasteiger partial charge in [-0.05, 0) is 50.8 Å². The van der Waals surface area contributed by atoms with Gasteiger partial charge in [0, 0.05) is 21.7 Å². The molecule has 1 spiro atoms. The standard InChI is InChI=1S/C24H22ClNO4/c1-15-20(24(30-23(15)29)12-6-3-7-13-24)22(28)26-19-11-10-17(25)14-18(19)21(27)16-8-4-2-5-9-16/h2,4-5,8-11,14H,3,6-7,12-13H2,1H3,(H,26,28). The Bertz CT molecular complexity index is 1050. The van der Waals surface area contributed by atoms with Crippen LogP contribution in [0.3, 0.4) is 0 Å². The van der Waals surface area contributed by atoms with Crippen LogP contribution in [0.4, 0.5) is 5.69 Å². The first-order valence-electron chi connectivity index (χ1n) is 10.1. The lowest BCUT2D eigenvalue weighted by Gasteiger charge is -2.34. The quantitative estimate of drug-likeness (QED) is 0.549. The Morgan fingerprint density at radius 3 is 2.43 bits per heavy atom.